The number of likely N-dealkylation sites (tertiary alicyclic amines) is 2. The number of nitrogens with zero attached hydrogens (tertiary/aromatic N) is 2. The molecule has 0 spiro atoms. The van der Waals surface area contributed by atoms with E-state index in [1.54, 1.807) is 9.80 Å². The van der Waals surface area contributed by atoms with Gasteiger partial charge in [0.25, 0.3) is 0 Å². The first-order chi connectivity index (χ1) is 9.78. The van der Waals surface area contributed by atoms with Gasteiger partial charge in [-0.2, -0.15) is 0 Å². The second-order valence-electron chi connectivity index (χ2n) is 6.89. The predicted molar refractivity (Wildman–Crippen MR) is 77.8 cm³/mol. The molecular weight excluding hydrogens is 272 g/mol. The molecule has 1 atom stereocenters. The van der Waals surface area contributed by atoms with Crippen LogP contribution in [-0.4, -0.2) is 64.3 Å². The molecular formula is C15H26N2O4. The van der Waals surface area contributed by atoms with E-state index in [1.807, 2.05) is 20.8 Å². The Labute approximate surface area is 126 Å². The number of aliphatic hydroxyl groups is 1. The Morgan fingerprint density at radius 1 is 1.10 bits per heavy atom. The van der Waals surface area contributed by atoms with Crippen molar-refractivity contribution in [3.8, 4) is 0 Å². The SMILES string of the molecule is CC(C)(C)OC(=O)N1CCC[C@@H]1C(=O)N1CCC(O)CC1. The predicted octanol–water partition coefficient (Wildman–Crippen LogP) is 1.37. The Morgan fingerprint density at radius 3 is 2.29 bits per heavy atom. The Balaban J connectivity index is 1.98. The molecule has 2 aliphatic heterocycles. The lowest BCUT2D eigenvalue weighted by Crippen LogP contribution is -2.51. The normalized spacial score (nSPS) is 24.3. The molecule has 1 N–H and O–H groups in total. The minimum Gasteiger partial charge on any atom is -0.444 e. The van der Waals surface area contributed by atoms with Gasteiger partial charge in [0, 0.05) is 19.6 Å². The fourth-order valence-corrected chi connectivity index (χ4v) is 2.86. The highest BCUT2D eigenvalue weighted by Gasteiger charge is 2.39. The van der Waals surface area contributed by atoms with Crippen molar-refractivity contribution in [2.45, 2.75) is 64.2 Å². The molecule has 0 aromatic carbocycles. The van der Waals surface area contributed by atoms with Crippen LogP contribution >= 0.6 is 0 Å². The number of ether oxygens (including phenoxy) is 1. The van der Waals surface area contributed by atoms with Crippen LogP contribution in [0.3, 0.4) is 0 Å². The zero-order valence-corrected chi connectivity index (χ0v) is 13.2. The van der Waals surface area contributed by atoms with E-state index in [1.165, 1.54) is 0 Å². The molecule has 21 heavy (non-hydrogen) atoms. The molecule has 0 aliphatic carbocycles. The van der Waals surface area contributed by atoms with E-state index >= 15 is 0 Å². The van der Waals surface area contributed by atoms with E-state index in [2.05, 4.69) is 0 Å². The molecule has 0 saturated carbocycles. The first-order valence-electron chi connectivity index (χ1n) is 7.74. The number of hydrogen-bond donors (Lipinski definition) is 1. The average molecular weight is 298 g/mol. The largest absolute Gasteiger partial charge is 0.444 e. The van der Waals surface area contributed by atoms with Crippen molar-refractivity contribution in [2.75, 3.05) is 19.6 Å². The second kappa shape index (κ2) is 6.22. The number of aliphatic hydroxyl groups excluding tert-OH is 1. The summed E-state index contributed by atoms with van der Waals surface area (Å²) in [5, 5.41) is 9.52. The Kier molecular flexibility index (Phi) is 4.76. The smallest absolute Gasteiger partial charge is 0.410 e. The fourth-order valence-electron chi connectivity index (χ4n) is 2.86. The summed E-state index contributed by atoms with van der Waals surface area (Å²) in [6, 6.07) is -0.407. The molecule has 0 aromatic heterocycles. The van der Waals surface area contributed by atoms with Gasteiger partial charge < -0.3 is 14.7 Å². The summed E-state index contributed by atoms with van der Waals surface area (Å²) in [6.45, 7) is 7.18. The monoisotopic (exact) mass is 298 g/mol. The molecule has 0 bridgehead atoms. The van der Waals surface area contributed by atoms with Gasteiger partial charge in [-0.15, -0.1) is 0 Å². The molecule has 0 aromatic rings. The van der Waals surface area contributed by atoms with Gasteiger partial charge in [0.1, 0.15) is 11.6 Å². The summed E-state index contributed by atoms with van der Waals surface area (Å²) in [6.07, 6.45) is 2.04. The van der Waals surface area contributed by atoms with E-state index < -0.39 is 17.7 Å². The molecule has 2 fully saturated rings. The van der Waals surface area contributed by atoms with Crippen LogP contribution < -0.4 is 0 Å². The van der Waals surface area contributed by atoms with Crippen molar-refractivity contribution in [1.29, 1.82) is 0 Å². The van der Waals surface area contributed by atoms with Crippen LogP contribution in [0.4, 0.5) is 4.79 Å². The number of piperidine rings is 1. The maximum Gasteiger partial charge on any atom is 0.410 e. The van der Waals surface area contributed by atoms with Crippen LogP contribution in [0.15, 0.2) is 0 Å². The summed E-state index contributed by atoms with van der Waals surface area (Å²) < 4.78 is 5.38. The summed E-state index contributed by atoms with van der Waals surface area (Å²) in [4.78, 5) is 28.1. The van der Waals surface area contributed by atoms with Crippen molar-refractivity contribution >= 4 is 12.0 Å². The molecule has 0 radical (unpaired) electrons. The van der Waals surface area contributed by atoms with E-state index in [0.29, 0.717) is 38.9 Å². The molecule has 2 amide bonds. The average Bonchev–Trinajstić information content (AvgIpc) is 2.86. The van der Waals surface area contributed by atoms with Gasteiger partial charge in [0.2, 0.25) is 5.91 Å². The van der Waals surface area contributed by atoms with E-state index in [9.17, 15) is 14.7 Å². The molecule has 2 saturated heterocycles. The maximum absolute atomic E-state index is 12.6. The van der Waals surface area contributed by atoms with Crippen LogP contribution in [-0.2, 0) is 9.53 Å². The summed E-state index contributed by atoms with van der Waals surface area (Å²) in [7, 11) is 0. The second-order valence-corrected chi connectivity index (χ2v) is 6.89. The number of carbonyl (C=O) groups excluding carboxylic acids is 2. The van der Waals surface area contributed by atoms with E-state index in [-0.39, 0.29) is 12.0 Å². The molecule has 2 heterocycles. The zero-order valence-electron chi connectivity index (χ0n) is 13.2. The van der Waals surface area contributed by atoms with Gasteiger partial charge >= 0.3 is 6.09 Å². The lowest BCUT2D eigenvalue weighted by molar-refractivity contribution is -0.137. The molecule has 2 aliphatic rings. The van der Waals surface area contributed by atoms with Crippen LogP contribution in [0, 0.1) is 0 Å². The highest BCUT2D eigenvalue weighted by Crippen LogP contribution is 2.23. The van der Waals surface area contributed by atoms with Gasteiger partial charge in [-0.3, -0.25) is 9.69 Å². The molecule has 6 nitrogen and oxygen atoms in total. The minimum absolute atomic E-state index is 0.00902. The van der Waals surface area contributed by atoms with Gasteiger partial charge in [0.05, 0.1) is 6.10 Å². The lowest BCUT2D eigenvalue weighted by atomic mass is 10.1. The standard InChI is InChI=1S/C15H26N2O4/c1-15(2,3)21-14(20)17-8-4-5-12(17)13(19)16-9-6-11(18)7-10-16/h11-12,18H,4-10H2,1-3H3/t12-/m1/s1. The highest BCUT2D eigenvalue weighted by molar-refractivity contribution is 5.86. The summed E-state index contributed by atoms with van der Waals surface area (Å²) >= 11 is 0. The molecule has 0 unspecified atom stereocenters. The van der Waals surface area contributed by atoms with E-state index in [0.717, 1.165) is 6.42 Å². The van der Waals surface area contributed by atoms with Gasteiger partial charge in [-0.1, -0.05) is 0 Å². The third-order valence-corrected chi connectivity index (χ3v) is 3.94. The van der Waals surface area contributed by atoms with Crippen LogP contribution in [0.1, 0.15) is 46.5 Å². The number of carbonyl (C=O) groups is 2. The van der Waals surface area contributed by atoms with Crippen LogP contribution in [0.25, 0.3) is 0 Å². The first-order valence-corrected chi connectivity index (χ1v) is 7.74. The minimum atomic E-state index is -0.553. The quantitative estimate of drug-likeness (QED) is 0.794. The molecule has 2 rings (SSSR count). The first kappa shape index (κ1) is 16.1. The maximum atomic E-state index is 12.6. The van der Waals surface area contributed by atoms with Crippen molar-refractivity contribution in [1.82, 2.24) is 9.80 Å². The summed E-state index contributed by atoms with van der Waals surface area (Å²) in [5.41, 5.74) is -0.553. The number of hydrogen-bond acceptors (Lipinski definition) is 4. The third kappa shape index (κ3) is 4.09. The number of amides is 2. The summed E-state index contributed by atoms with van der Waals surface area (Å²) in [5.74, 6) is -0.00902. The van der Waals surface area contributed by atoms with Gasteiger partial charge in [0.15, 0.2) is 0 Å². The highest BCUT2D eigenvalue weighted by atomic mass is 16.6. The zero-order chi connectivity index (χ0) is 15.6. The molecule has 6 heteroatoms. The Morgan fingerprint density at radius 2 is 1.71 bits per heavy atom. The van der Waals surface area contributed by atoms with Crippen LogP contribution in [0.5, 0.6) is 0 Å². The van der Waals surface area contributed by atoms with Crippen LogP contribution in [0.2, 0.25) is 0 Å². The van der Waals surface area contributed by atoms with Crippen molar-refractivity contribution in [3.05, 3.63) is 0 Å². The fraction of sp³-hybridized carbons (Fsp3) is 0.867. The Bertz CT molecular complexity index is 397. The van der Waals surface area contributed by atoms with Gasteiger partial charge in [-0.05, 0) is 46.5 Å². The van der Waals surface area contributed by atoms with Gasteiger partial charge in [-0.25, -0.2) is 4.79 Å². The van der Waals surface area contributed by atoms with Crippen molar-refractivity contribution < 1.29 is 19.4 Å². The van der Waals surface area contributed by atoms with Crippen molar-refractivity contribution in [3.63, 3.8) is 0 Å². The van der Waals surface area contributed by atoms with Crippen molar-refractivity contribution in [2.24, 2.45) is 0 Å². The lowest BCUT2D eigenvalue weighted by Gasteiger charge is -2.34. The van der Waals surface area contributed by atoms with E-state index in [4.69, 9.17) is 4.74 Å². The third-order valence-electron chi connectivity index (χ3n) is 3.94. The topological polar surface area (TPSA) is 70.1 Å². The Hall–Kier alpha value is -1.30. The number of rotatable bonds is 1. The molecule has 120 valence electrons.